The normalized spacial score (nSPS) is 10.5. The first-order valence-corrected chi connectivity index (χ1v) is 5.34. The Morgan fingerprint density at radius 2 is 1.93 bits per heavy atom. The minimum Gasteiger partial charge on any atom is -0.347 e. The number of aromatic nitrogens is 1. The molecule has 0 amide bonds. The summed E-state index contributed by atoms with van der Waals surface area (Å²) in [7, 11) is 0. The molecule has 0 fully saturated rings. The van der Waals surface area contributed by atoms with Gasteiger partial charge in [-0.2, -0.15) is 0 Å². The third-order valence-electron chi connectivity index (χ3n) is 1.73. The van der Waals surface area contributed by atoms with Crippen molar-refractivity contribution in [3.63, 3.8) is 0 Å². The Kier molecular flexibility index (Phi) is 2.69. The van der Waals surface area contributed by atoms with Gasteiger partial charge in [0.15, 0.2) is 0 Å². The van der Waals surface area contributed by atoms with E-state index in [-0.39, 0.29) is 5.82 Å². The topological polar surface area (TPSA) is 26.0 Å². The molecule has 0 radical (unpaired) electrons. The maximum atomic E-state index is 13.3. The van der Waals surface area contributed by atoms with E-state index >= 15 is 0 Å². The van der Waals surface area contributed by atoms with Crippen LogP contribution < -0.4 is 0 Å². The summed E-state index contributed by atoms with van der Waals surface area (Å²) in [4.78, 5) is 0. The first-order valence-electron chi connectivity index (χ1n) is 3.75. The fraction of sp³-hybridized carbons (Fsp3) is 0. The lowest BCUT2D eigenvalue weighted by molar-refractivity contribution is 0.401. The second-order valence-corrected chi connectivity index (χ2v) is 4.11. The number of benzene rings is 1. The van der Waals surface area contributed by atoms with Crippen LogP contribution in [0.2, 0.25) is 0 Å². The van der Waals surface area contributed by atoms with Crippen LogP contribution in [0.4, 0.5) is 4.39 Å². The van der Waals surface area contributed by atoms with Gasteiger partial charge in [-0.15, -0.1) is 0 Å². The average Bonchev–Trinajstić information content (AvgIpc) is 2.49. The molecule has 2 rings (SSSR count). The summed E-state index contributed by atoms with van der Waals surface area (Å²) < 4.78 is 19.3. The largest absolute Gasteiger partial charge is 0.347 e. The maximum Gasteiger partial charge on any atom is 0.216 e. The van der Waals surface area contributed by atoms with Gasteiger partial charge in [0.2, 0.25) is 4.67 Å². The smallest absolute Gasteiger partial charge is 0.216 e. The SMILES string of the molecule is Fc1ccccc1-c1noc(Br)c1Br. The van der Waals surface area contributed by atoms with E-state index in [1.54, 1.807) is 18.2 Å². The zero-order valence-electron chi connectivity index (χ0n) is 6.80. The van der Waals surface area contributed by atoms with Gasteiger partial charge in [0.05, 0.1) is 0 Å². The third kappa shape index (κ3) is 1.62. The third-order valence-corrected chi connectivity index (χ3v) is 3.54. The van der Waals surface area contributed by atoms with Gasteiger partial charge in [-0.25, -0.2) is 4.39 Å². The van der Waals surface area contributed by atoms with Crippen molar-refractivity contribution in [3.8, 4) is 11.3 Å². The fourth-order valence-electron chi connectivity index (χ4n) is 1.08. The first-order chi connectivity index (χ1) is 6.70. The average molecular weight is 321 g/mol. The molecule has 0 unspecified atom stereocenters. The van der Waals surface area contributed by atoms with Crippen molar-refractivity contribution >= 4 is 31.9 Å². The van der Waals surface area contributed by atoms with E-state index in [1.165, 1.54) is 6.07 Å². The Labute approximate surface area is 96.4 Å². The van der Waals surface area contributed by atoms with Gasteiger partial charge in [0.1, 0.15) is 16.0 Å². The van der Waals surface area contributed by atoms with Crippen LogP contribution in [-0.2, 0) is 0 Å². The van der Waals surface area contributed by atoms with E-state index in [2.05, 4.69) is 37.0 Å². The van der Waals surface area contributed by atoms with Gasteiger partial charge in [0.25, 0.3) is 0 Å². The van der Waals surface area contributed by atoms with E-state index in [9.17, 15) is 4.39 Å². The van der Waals surface area contributed by atoms with Crippen LogP contribution in [0.3, 0.4) is 0 Å². The van der Waals surface area contributed by atoms with E-state index < -0.39 is 0 Å². The molecule has 72 valence electrons. The molecule has 0 saturated heterocycles. The van der Waals surface area contributed by atoms with Crippen molar-refractivity contribution < 1.29 is 8.91 Å². The molecule has 0 spiro atoms. The highest BCUT2D eigenvalue weighted by Gasteiger charge is 2.15. The number of hydrogen-bond acceptors (Lipinski definition) is 2. The summed E-state index contributed by atoms with van der Waals surface area (Å²) in [5.41, 5.74) is 0.865. The molecule has 2 nitrogen and oxygen atoms in total. The Balaban J connectivity index is 2.60. The van der Waals surface area contributed by atoms with Crippen molar-refractivity contribution in [3.05, 3.63) is 39.2 Å². The van der Waals surface area contributed by atoms with E-state index in [0.29, 0.717) is 20.4 Å². The lowest BCUT2D eigenvalue weighted by atomic mass is 10.1. The van der Waals surface area contributed by atoms with Crippen LogP contribution in [0.1, 0.15) is 0 Å². The molecule has 14 heavy (non-hydrogen) atoms. The van der Waals surface area contributed by atoms with E-state index in [4.69, 9.17) is 4.52 Å². The monoisotopic (exact) mass is 319 g/mol. The van der Waals surface area contributed by atoms with Crippen molar-refractivity contribution in [2.24, 2.45) is 0 Å². The minimum absolute atomic E-state index is 0.325. The Hall–Kier alpha value is -0.680. The molecule has 1 heterocycles. The zero-order valence-corrected chi connectivity index (χ0v) is 9.97. The van der Waals surface area contributed by atoms with Crippen LogP contribution in [0, 0.1) is 5.82 Å². The lowest BCUT2D eigenvalue weighted by Crippen LogP contribution is -1.83. The molecule has 2 aromatic rings. The molecule has 0 bridgehead atoms. The van der Waals surface area contributed by atoms with Crippen LogP contribution in [-0.4, -0.2) is 5.16 Å². The number of hydrogen-bond donors (Lipinski definition) is 0. The summed E-state index contributed by atoms with van der Waals surface area (Å²) in [6.07, 6.45) is 0. The summed E-state index contributed by atoms with van der Waals surface area (Å²) in [6.45, 7) is 0. The lowest BCUT2D eigenvalue weighted by Gasteiger charge is -1.97. The van der Waals surface area contributed by atoms with Crippen molar-refractivity contribution in [1.29, 1.82) is 0 Å². The van der Waals surface area contributed by atoms with Gasteiger partial charge in [-0.1, -0.05) is 17.3 Å². The predicted molar refractivity (Wildman–Crippen MR) is 57.3 cm³/mol. The van der Waals surface area contributed by atoms with Crippen LogP contribution in [0.5, 0.6) is 0 Å². The van der Waals surface area contributed by atoms with E-state index in [1.807, 2.05) is 0 Å². The standard InChI is InChI=1S/C9H4Br2FNO/c10-7-8(13-14-9(7)11)5-3-1-2-4-6(5)12/h1-4H. The Morgan fingerprint density at radius 1 is 1.21 bits per heavy atom. The zero-order chi connectivity index (χ0) is 10.1. The molecular formula is C9H4Br2FNO. The molecule has 0 aliphatic rings. The van der Waals surface area contributed by atoms with Crippen molar-refractivity contribution in [2.45, 2.75) is 0 Å². The second kappa shape index (κ2) is 3.82. The number of halogens is 3. The number of rotatable bonds is 1. The molecule has 0 aliphatic carbocycles. The summed E-state index contributed by atoms with van der Waals surface area (Å²) in [5.74, 6) is -0.325. The molecule has 0 N–H and O–H groups in total. The van der Waals surface area contributed by atoms with Crippen molar-refractivity contribution in [2.75, 3.05) is 0 Å². The highest BCUT2D eigenvalue weighted by molar-refractivity contribution is 9.13. The molecule has 5 heteroatoms. The van der Waals surface area contributed by atoms with Crippen LogP contribution >= 0.6 is 31.9 Å². The predicted octanol–water partition coefficient (Wildman–Crippen LogP) is 4.01. The second-order valence-electron chi connectivity index (χ2n) is 2.60. The van der Waals surface area contributed by atoms with E-state index in [0.717, 1.165) is 0 Å². The number of nitrogens with zero attached hydrogens (tertiary/aromatic N) is 1. The first kappa shape index (κ1) is 9.86. The van der Waals surface area contributed by atoms with Gasteiger partial charge in [-0.05, 0) is 44.0 Å². The Morgan fingerprint density at radius 3 is 2.50 bits per heavy atom. The van der Waals surface area contributed by atoms with Crippen LogP contribution in [0.25, 0.3) is 11.3 Å². The van der Waals surface area contributed by atoms with Crippen molar-refractivity contribution in [1.82, 2.24) is 5.16 Å². The summed E-state index contributed by atoms with van der Waals surface area (Å²) >= 11 is 6.39. The maximum absolute atomic E-state index is 13.3. The highest BCUT2D eigenvalue weighted by atomic mass is 79.9. The molecule has 0 aliphatic heterocycles. The van der Waals surface area contributed by atoms with Gasteiger partial charge in [-0.3, -0.25) is 0 Å². The molecule has 0 atom stereocenters. The molecule has 1 aromatic carbocycles. The van der Waals surface area contributed by atoms with Gasteiger partial charge in [0, 0.05) is 5.56 Å². The molecule has 0 saturated carbocycles. The summed E-state index contributed by atoms with van der Waals surface area (Å²) in [5, 5.41) is 3.74. The highest BCUT2D eigenvalue weighted by Crippen LogP contribution is 2.34. The minimum atomic E-state index is -0.325. The Bertz CT molecular complexity index is 470. The van der Waals surface area contributed by atoms with Gasteiger partial charge < -0.3 is 4.52 Å². The molecule has 1 aromatic heterocycles. The molecular weight excluding hydrogens is 317 g/mol. The quantitative estimate of drug-likeness (QED) is 0.793. The van der Waals surface area contributed by atoms with Crippen LogP contribution in [0.15, 0.2) is 37.9 Å². The van der Waals surface area contributed by atoms with Gasteiger partial charge >= 0.3 is 0 Å². The fourth-order valence-corrected chi connectivity index (χ4v) is 1.70. The summed E-state index contributed by atoms with van der Waals surface area (Å²) in [6, 6.07) is 6.39.